The minimum Gasteiger partial charge on any atom is -0.497 e. The summed E-state index contributed by atoms with van der Waals surface area (Å²) in [5, 5.41) is 9.33. The summed E-state index contributed by atoms with van der Waals surface area (Å²) in [6, 6.07) is 5.02. The van der Waals surface area contributed by atoms with Crippen molar-refractivity contribution in [2.75, 3.05) is 7.11 Å². The second-order valence-electron chi connectivity index (χ2n) is 4.05. The van der Waals surface area contributed by atoms with Crippen LogP contribution < -0.4 is 10.2 Å². The fourth-order valence-electron chi connectivity index (χ4n) is 1.93. The Balaban J connectivity index is 2.77. The molecule has 18 heavy (non-hydrogen) atoms. The number of carbonyl (C=O) groups is 1. The number of benzene rings is 1. The van der Waals surface area contributed by atoms with Crippen molar-refractivity contribution in [3.8, 4) is 5.75 Å². The third kappa shape index (κ3) is 2.07. The number of carboxylic acids is 1. The van der Waals surface area contributed by atoms with Crippen LogP contribution in [0.1, 0.15) is 5.56 Å². The van der Waals surface area contributed by atoms with E-state index in [-0.39, 0.29) is 12.0 Å². The summed E-state index contributed by atoms with van der Waals surface area (Å²) in [4.78, 5) is 22.8. The van der Waals surface area contributed by atoms with Crippen LogP contribution >= 0.6 is 0 Å². The quantitative estimate of drug-likeness (QED) is 0.890. The topological polar surface area (TPSA) is 68.5 Å². The number of pyridine rings is 1. The Bertz CT molecular complexity index is 672. The standard InChI is InChI=1S/C13H13NO4/c1-8-6-14(7-12(15)16)11-4-3-9(18-2)5-10(11)13(8)17/h3-6H,7H2,1-2H3,(H,15,16). The summed E-state index contributed by atoms with van der Waals surface area (Å²) in [6.07, 6.45) is 1.56. The van der Waals surface area contributed by atoms with E-state index in [1.165, 1.54) is 7.11 Å². The highest BCUT2D eigenvalue weighted by Gasteiger charge is 2.09. The molecule has 1 aromatic heterocycles. The van der Waals surface area contributed by atoms with Crippen LogP contribution in [0.4, 0.5) is 0 Å². The first kappa shape index (κ1) is 12.2. The van der Waals surface area contributed by atoms with E-state index in [9.17, 15) is 9.59 Å². The smallest absolute Gasteiger partial charge is 0.323 e. The molecule has 5 nitrogen and oxygen atoms in total. The van der Waals surface area contributed by atoms with Crippen molar-refractivity contribution in [2.24, 2.45) is 0 Å². The van der Waals surface area contributed by atoms with E-state index in [1.54, 1.807) is 35.9 Å². The first-order valence-electron chi connectivity index (χ1n) is 5.42. The molecule has 2 aromatic rings. The van der Waals surface area contributed by atoms with Crippen LogP contribution in [-0.4, -0.2) is 22.8 Å². The second-order valence-corrected chi connectivity index (χ2v) is 4.05. The van der Waals surface area contributed by atoms with Crippen LogP contribution in [0, 0.1) is 6.92 Å². The molecule has 0 aliphatic rings. The van der Waals surface area contributed by atoms with Crippen molar-refractivity contribution in [2.45, 2.75) is 13.5 Å². The van der Waals surface area contributed by atoms with E-state index < -0.39 is 5.97 Å². The Morgan fingerprint density at radius 3 is 2.78 bits per heavy atom. The lowest BCUT2D eigenvalue weighted by Crippen LogP contribution is -2.16. The maximum atomic E-state index is 12.0. The van der Waals surface area contributed by atoms with E-state index in [2.05, 4.69) is 0 Å². The van der Waals surface area contributed by atoms with Crippen molar-refractivity contribution in [3.05, 3.63) is 40.2 Å². The van der Waals surface area contributed by atoms with E-state index in [4.69, 9.17) is 9.84 Å². The lowest BCUT2D eigenvalue weighted by atomic mass is 10.1. The Labute approximate surface area is 103 Å². The average molecular weight is 247 g/mol. The molecule has 94 valence electrons. The molecule has 0 radical (unpaired) electrons. The number of ether oxygens (including phenoxy) is 1. The normalized spacial score (nSPS) is 10.6. The Morgan fingerprint density at radius 1 is 1.44 bits per heavy atom. The number of rotatable bonds is 3. The van der Waals surface area contributed by atoms with Gasteiger partial charge in [0, 0.05) is 17.1 Å². The minimum absolute atomic E-state index is 0.106. The third-order valence-corrected chi connectivity index (χ3v) is 2.77. The number of aryl methyl sites for hydroxylation is 1. The van der Waals surface area contributed by atoms with Crippen molar-refractivity contribution >= 4 is 16.9 Å². The van der Waals surface area contributed by atoms with Gasteiger partial charge in [0.05, 0.1) is 12.6 Å². The third-order valence-electron chi connectivity index (χ3n) is 2.77. The average Bonchev–Trinajstić information content (AvgIpc) is 2.34. The van der Waals surface area contributed by atoms with Gasteiger partial charge >= 0.3 is 5.97 Å². The maximum Gasteiger partial charge on any atom is 0.323 e. The summed E-state index contributed by atoms with van der Waals surface area (Å²) < 4.78 is 6.62. The van der Waals surface area contributed by atoms with Crippen LogP contribution in [-0.2, 0) is 11.3 Å². The lowest BCUT2D eigenvalue weighted by Gasteiger charge is -2.10. The molecule has 0 unspecified atom stereocenters. The molecule has 0 aliphatic carbocycles. The molecule has 1 N–H and O–H groups in total. The fourth-order valence-corrected chi connectivity index (χ4v) is 1.93. The van der Waals surface area contributed by atoms with Crippen LogP contribution in [0.5, 0.6) is 5.75 Å². The zero-order valence-electron chi connectivity index (χ0n) is 10.1. The van der Waals surface area contributed by atoms with Crippen LogP contribution in [0.2, 0.25) is 0 Å². The summed E-state index contributed by atoms with van der Waals surface area (Å²) in [7, 11) is 1.52. The molecule has 2 rings (SSSR count). The van der Waals surface area contributed by atoms with Crippen LogP contribution in [0.25, 0.3) is 10.9 Å². The number of hydrogen-bond donors (Lipinski definition) is 1. The van der Waals surface area contributed by atoms with Gasteiger partial charge in [0.2, 0.25) is 0 Å². The first-order chi connectivity index (χ1) is 8.52. The molecule has 0 atom stereocenters. The molecule has 5 heteroatoms. The summed E-state index contributed by atoms with van der Waals surface area (Å²) in [5.74, 6) is -0.373. The Morgan fingerprint density at radius 2 is 2.17 bits per heavy atom. The molecule has 0 aliphatic heterocycles. The lowest BCUT2D eigenvalue weighted by molar-refractivity contribution is -0.137. The van der Waals surface area contributed by atoms with Gasteiger partial charge in [0.15, 0.2) is 5.43 Å². The number of aliphatic carboxylic acids is 1. The van der Waals surface area contributed by atoms with Crippen molar-refractivity contribution in [1.29, 1.82) is 0 Å². The van der Waals surface area contributed by atoms with Gasteiger partial charge in [-0.25, -0.2) is 0 Å². The second kappa shape index (κ2) is 4.52. The molecule has 0 amide bonds. The van der Waals surface area contributed by atoms with Gasteiger partial charge in [-0.05, 0) is 25.1 Å². The highest BCUT2D eigenvalue weighted by atomic mass is 16.5. The SMILES string of the molecule is COc1ccc2c(c1)c(=O)c(C)cn2CC(=O)O. The van der Waals surface area contributed by atoms with Crippen LogP contribution in [0.15, 0.2) is 29.2 Å². The summed E-state index contributed by atoms with van der Waals surface area (Å²) >= 11 is 0. The largest absolute Gasteiger partial charge is 0.497 e. The molecular formula is C13H13NO4. The molecule has 0 bridgehead atoms. The van der Waals surface area contributed by atoms with Gasteiger partial charge < -0.3 is 14.4 Å². The molecule has 0 fully saturated rings. The number of methoxy groups -OCH3 is 1. The fraction of sp³-hybridized carbons (Fsp3) is 0.231. The molecular weight excluding hydrogens is 234 g/mol. The molecule has 1 aromatic carbocycles. The van der Waals surface area contributed by atoms with Crippen molar-refractivity contribution in [3.63, 3.8) is 0 Å². The molecule has 0 saturated heterocycles. The van der Waals surface area contributed by atoms with Gasteiger partial charge in [-0.15, -0.1) is 0 Å². The van der Waals surface area contributed by atoms with Gasteiger partial charge in [0.25, 0.3) is 0 Å². The summed E-state index contributed by atoms with van der Waals surface area (Å²) in [5.41, 5.74) is 0.997. The minimum atomic E-state index is -0.949. The monoisotopic (exact) mass is 247 g/mol. The zero-order chi connectivity index (χ0) is 13.3. The van der Waals surface area contributed by atoms with E-state index >= 15 is 0 Å². The van der Waals surface area contributed by atoms with Gasteiger partial charge in [-0.1, -0.05) is 0 Å². The number of carboxylic acid groups (broad SMARTS) is 1. The predicted molar refractivity (Wildman–Crippen MR) is 67.1 cm³/mol. The number of nitrogens with zero attached hydrogens (tertiary/aromatic N) is 1. The molecule has 1 heterocycles. The van der Waals surface area contributed by atoms with E-state index in [0.717, 1.165) is 0 Å². The highest BCUT2D eigenvalue weighted by Crippen LogP contribution is 2.18. The van der Waals surface area contributed by atoms with E-state index in [0.29, 0.717) is 22.2 Å². The zero-order valence-corrected chi connectivity index (χ0v) is 10.1. The highest BCUT2D eigenvalue weighted by molar-refractivity contribution is 5.82. The molecule has 0 spiro atoms. The Hall–Kier alpha value is -2.30. The number of fused-ring (bicyclic) bond motifs is 1. The van der Waals surface area contributed by atoms with Gasteiger partial charge in [-0.3, -0.25) is 9.59 Å². The Kier molecular flexibility index (Phi) is 3.06. The predicted octanol–water partition coefficient (Wildman–Crippen LogP) is 1.40. The number of hydrogen-bond acceptors (Lipinski definition) is 3. The number of aromatic nitrogens is 1. The first-order valence-corrected chi connectivity index (χ1v) is 5.42. The molecule has 0 saturated carbocycles. The van der Waals surface area contributed by atoms with Crippen molar-refractivity contribution < 1.29 is 14.6 Å². The summed E-state index contributed by atoms with van der Waals surface area (Å²) in [6.45, 7) is 1.49. The maximum absolute atomic E-state index is 12.0. The van der Waals surface area contributed by atoms with Gasteiger partial charge in [0.1, 0.15) is 12.3 Å². The van der Waals surface area contributed by atoms with Gasteiger partial charge in [-0.2, -0.15) is 0 Å². The van der Waals surface area contributed by atoms with E-state index in [1.807, 2.05) is 0 Å². The van der Waals surface area contributed by atoms with Crippen molar-refractivity contribution in [1.82, 2.24) is 4.57 Å². The van der Waals surface area contributed by atoms with Crippen LogP contribution in [0.3, 0.4) is 0 Å².